The largest absolute Gasteiger partial charge is 0.468 e. The van der Waals surface area contributed by atoms with Gasteiger partial charge in [0.15, 0.2) is 0 Å². The van der Waals surface area contributed by atoms with Gasteiger partial charge in [0.2, 0.25) is 0 Å². The molecule has 0 fully saturated rings. The Balaban J connectivity index is 2.13. The molecule has 2 unspecified atom stereocenters. The van der Waals surface area contributed by atoms with Gasteiger partial charge in [-0.1, -0.05) is 25.1 Å². The summed E-state index contributed by atoms with van der Waals surface area (Å²) in [4.78, 5) is 13.0. The van der Waals surface area contributed by atoms with Crippen molar-refractivity contribution in [2.24, 2.45) is 0 Å². The summed E-state index contributed by atoms with van der Waals surface area (Å²) < 4.78 is 4.83. The van der Waals surface area contributed by atoms with Gasteiger partial charge in [-0.2, -0.15) is 0 Å². The minimum atomic E-state index is -0.212. The number of carbonyl (C=O) groups is 1. The van der Waals surface area contributed by atoms with Crippen molar-refractivity contribution in [3.05, 3.63) is 29.8 Å². The van der Waals surface area contributed by atoms with Gasteiger partial charge in [0.25, 0.3) is 0 Å². The number of benzene rings is 1. The van der Waals surface area contributed by atoms with E-state index in [0.29, 0.717) is 0 Å². The van der Waals surface area contributed by atoms with Crippen molar-refractivity contribution < 1.29 is 9.53 Å². The third kappa shape index (κ3) is 2.87. The van der Waals surface area contributed by atoms with E-state index in [0.717, 1.165) is 18.6 Å². The van der Waals surface area contributed by atoms with Crippen LogP contribution < -0.4 is 5.32 Å². The van der Waals surface area contributed by atoms with Gasteiger partial charge in [-0.05, 0) is 30.2 Å². The molecule has 0 aliphatic carbocycles. The highest BCUT2D eigenvalue weighted by molar-refractivity contribution is 7.99. The first-order valence-corrected chi connectivity index (χ1v) is 7.30. The fourth-order valence-electron chi connectivity index (χ4n) is 2.25. The second-order valence-electron chi connectivity index (χ2n) is 4.38. The number of thioether (sulfide) groups is 1. The van der Waals surface area contributed by atoms with Gasteiger partial charge in [0.05, 0.1) is 7.11 Å². The number of carbonyl (C=O) groups excluding carboxylic acids is 1. The molecule has 0 aromatic heterocycles. The van der Waals surface area contributed by atoms with Gasteiger partial charge in [0, 0.05) is 10.9 Å². The Morgan fingerprint density at radius 3 is 3.06 bits per heavy atom. The zero-order valence-electron chi connectivity index (χ0n) is 10.8. The second-order valence-corrected chi connectivity index (χ2v) is 5.51. The molecule has 0 saturated heterocycles. The molecule has 1 aliphatic heterocycles. The van der Waals surface area contributed by atoms with Crippen LogP contribution in [0.1, 0.15) is 31.4 Å². The molecule has 2 rings (SSSR count). The van der Waals surface area contributed by atoms with Crippen molar-refractivity contribution in [3.8, 4) is 0 Å². The summed E-state index contributed by atoms with van der Waals surface area (Å²) in [6.45, 7) is 2.00. The summed E-state index contributed by atoms with van der Waals surface area (Å²) in [5.41, 5.74) is 1.30. The Morgan fingerprint density at radius 2 is 2.33 bits per heavy atom. The number of esters is 1. The molecule has 18 heavy (non-hydrogen) atoms. The van der Waals surface area contributed by atoms with Crippen molar-refractivity contribution in [1.29, 1.82) is 0 Å². The number of nitrogens with one attached hydrogen (secondary N) is 1. The monoisotopic (exact) mass is 265 g/mol. The van der Waals surface area contributed by atoms with Crippen LogP contribution in [-0.4, -0.2) is 24.9 Å². The molecule has 2 atom stereocenters. The number of fused-ring (bicyclic) bond motifs is 1. The van der Waals surface area contributed by atoms with Crippen LogP contribution in [0.4, 0.5) is 0 Å². The maximum absolute atomic E-state index is 11.6. The van der Waals surface area contributed by atoms with Crippen LogP contribution >= 0.6 is 11.8 Å². The van der Waals surface area contributed by atoms with Gasteiger partial charge in [-0.3, -0.25) is 10.1 Å². The molecule has 1 aliphatic rings. The van der Waals surface area contributed by atoms with Crippen molar-refractivity contribution in [2.75, 3.05) is 12.9 Å². The summed E-state index contributed by atoms with van der Waals surface area (Å²) in [5, 5.41) is 3.42. The molecule has 98 valence electrons. The zero-order chi connectivity index (χ0) is 13.0. The number of rotatable bonds is 4. The van der Waals surface area contributed by atoms with E-state index in [1.165, 1.54) is 17.6 Å². The van der Waals surface area contributed by atoms with E-state index in [-0.39, 0.29) is 18.1 Å². The van der Waals surface area contributed by atoms with Gasteiger partial charge in [0.1, 0.15) is 6.04 Å². The van der Waals surface area contributed by atoms with Gasteiger partial charge >= 0.3 is 5.97 Å². The van der Waals surface area contributed by atoms with E-state index in [4.69, 9.17) is 4.74 Å². The van der Waals surface area contributed by atoms with Gasteiger partial charge in [-0.15, -0.1) is 11.8 Å². The number of methoxy groups -OCH3 is 1. The van der Waals surface area contributed by atoms with Crippen molar-refractivity contribution in [3.63, 3.8) is 0 Å². The van der Waals surface area contributed by atoms with Crippen LogP contribution in [0.2, 0.25) is 0 Å². The molecule has 1 aromatic rings. The summed E-state index contributed by atoms with van der Waals surface area (Å²) in [6, 6.07) is 8.45. The van der Waals surface area contributed by atoms with Crippen LogP contribution in [0, 0.1) is 0 Å². The quantitative estimate of drug-likeness (QED) is 0.850. The summed E-state index contributed by atoms with van der Waals surface area (Å²) in [5.74, 6) is 0.917. The minimum Gasteiger partial charge on any atom is -0.468 e. The first kappa shape index (κ1) is 13.4. The molecular weight excluding hydrogens is 246 g/mol. The number of hydrogen-bond donors (Lipinski definition) is 1. The SMILES string of the molecule is CCC(NC1CCSc2ccccc21)C(=O)OC. The van der Waals surface area contributed by atoms with E-state index < -0.39 is 0 Å². The predicted molar refractivity (Wildman–Crippen MR) is 73.8 cm³/mol. The Hall–Kier alpha value is -1.00. The molecule has 1 N–H and O–H groups in total. The van der Waals surface area contributed by atoms with Crippen molar-refractivity contribution in [1.82, 2.24) is 5.32 Å². The highest BCUT2D eigenvalue weighted by Crippen LogP contribution is 2.36. The fraction of sp³-hybridized carbons (Fsp3) is 0.500. The molecule has 0 bridgehead atoms. The average Bonchev–Trinajstić information content (AvgIpc) is 2.44. The Bertz CT molecular complexity index is 422. The molecule has 0 radical (unpaired) electrons. The molecule has 0 spiro atoms. The first-order chi connectivity index (χ1) is 8.76. The molecular formula is C14H19NO2S. The van der Waals surface area contributed by atoms with Gasteiger partial charge in [-0.25, -0.2) is 0 Å². The molecule has 4 heteroatoms. The average molecular weight is 265 g/mol. The first-order valence-electron chi connectivity index (χ1n) is 6.31. The van der Waals surface area contributed by atoms with Crippen molar-refractivity contribution >= 4 is 17.7 Å². The van der Waals surface area contributed by atoms with E-state index in [9.17, 15) is 4.79 Å². The molecule has 1 heterocycles. The highest BCUT2D eigenvalue weighted by Gasteiger charge is 2.25. The summed E-state index contributed by atoms with van der Waals surface area (Å²) in [7, 11) is 1.44. The lowest BCUT2D eigenvalue weighted by Crippen LogP contribution is -2.40. The smallest absolute Gasteiger partial charge is 0.322 e. The molecule has 0 amide bonds. The Morgan fingerprint density at radius 1 is 1.56 bits per heavy atom. The lowest BCUT2D eigenvalue weighted by molar-refractivity contribution is -0.143. The maximum atomic E-state index is 11.6. The van der Waals surface area contributed by atoms with Crippen LogP contribution in [0.15, 0.2) is 29.2 Å². The molecule has 1 aromatic carbocycles. The second kappa shape index (κ2) is 6.25. The normalized spacial score (nSPS) is 20.0. The zero-order valence-corrected chi connectivity index (χ0v) is 11.6. The Kier molecular flexibility index (Phi) is 4.66. The summed E-state index contributed by atoms with van der Waals surface area (Å²) >= 11 is 1.89. The van der Waals surface area contributed by atoms with E-state index >= 15 is 0 Å². The fourth-order valence-corrected chi connectivity index (χ4v) is 3.38. The predicted octanol–water partition coefficient (Wildman–Crippen LogP) is 2.76. The lowest BCUT2D eigenvalue weighted by Gasteiger charge is -2.28. The number of ether oxygens (including phenoxy) is 1. The third-order valence-electron chi connectivity index (χ3n) is 3.25. The van der Waals surface area contributed by atoms with Gasteiger partial charge < -0.3 is 4.74 Å². The Labute approximate surface area is 112 Å². The summed E-state index contributed by atoms with van der Waals surface area (Å²) in [6.07, 6.45) is 1.80. The third-order valence-corrected chi connectivity index (χ3v) is 4.38. The standard InChI is InChI=1S/C14H19NO2S/c1-3-11(14(16)17-2)15-12-8-9-18-13-7-5-4-6-10(12)13/h4-7,11-12,15H,3,8-9H2,1-2H3. The highest BCUT2D eigenvalue weighted by atomic mass is 32.2. The lowest BCUT2D eigenvalue weighted by atomic mass is 10.0. The number of hydrogen-bond acceptors (Lipinski definition) is 4. The van der Waals surface area contributed by atoms with Crippen molar-refractivity contribution in [2.45, 2.75) is 36.7 Å². The van der Waals surface area contributed by atoms with E-state index in [1.807, 2.05) is 18.7 Å². The molecule has 3 nitrogen and oxygen atoms in total. The topological polar surface area (TPSA) is 38.3 Å². The van der Waals surface area contributed by atoms with Crippen LogP contribution in [-0.2, 0) is 9.53 Å². The van der Waals surface area contributed by atoms with Crippen LogP contribution in [0.3, 0.4) is 0 Å². The van der Waals surface area contributed by atoms with Crippen LogP contribution in [0.5, 0.6) is 0 Å². The minimum absolute atomic E-state index is 0.173. The molecule has 0 saturated carbocycles. The maximum Gasteiger partial charge on any atom is 0.322 e. The van der Waals surface area contributed by atoms with E-state index in [1.54, 1.807) is 0 Å². The van der Waals surface area contributed by atoms with E-state index in [2.05, 4.69) is 29.6 Å². The van der Waals surface area contributed by atoms with Crippen LogP contribution in [0.25, 0.3) is 0 Å².